The van der Waals surface area contributed by atoms with Crippen LogP contribution in [-0.2, 0) is 33.2 Å². The van der Waals surface area contributed by atoms with E-state index in [1.165, 1.54) is 0 Å². The van der Waals surface area contributed by atoms with E-state index in [0.29, 0.717) is 105 Å². The van der Waals surface area contributed by atoms with Gasteiger partial charge < -0.3 is 37.9 Å². The van der Waals surface area contributed by atoms with E-state index in [2.05, 4.69) is 0 Å². The second kappa shape index (κ2) is 23.7. The summed E-state index contributed by atoms with van der Waals surface area (Å²) in [7, 11) is 0. The Hall–Kier alpha value is -0.970. The maximum Gasteiger partial charge on any atom is 0.119 e. The maximum absolute atomic E-state index is 5.53. The predicted octanol–water partition coefficient (Wildman–Crippen LogP) is 2.42. The van der Waals surface area contributed by atoms with Crippen LogP contribution in [0, 0.1) is 0 Å². The molecule has 1 aromatic carbocycles. The van der Waals surface area contributed by atoms with Gasteiger partial charge in [-0.1, -0.05) is 18.2 Å². The standard InChI is InChI=1S/C22H37ClO8/c23-6-7-24-8-9-25-10-11-26-12-13-27-14-15-28-16-17-29-18-19-30-20-21-31-22-4-2-1-3-5-22/h1-5H,6-21H2. The van der Waals surface area contributed by atoms with Crippen LogP contribution in [-0.4, -0.2) is 105 Å². The van der Waals surface area contributed by atoms with Crippen LogP contribution in [0.15, 0.2) is 30.3 Å². The fraction of sp³-hybridized carbons (Fsp3) is 0.727. The average Bonchev–Trinajstić information content (AvgIpc) is 2.80. The smallest absolute Gasteiger partial charge is 0.119 e. The molecule has 0 radical (unpaired) electrons. The van der Waals surface area contributed by atoms with Crippen LogP contribution < -0.4 is 4.74 Å². The zero-order chi connectivity index (χ0) is 22.1. The number of para-hydroxylation sites is 1. The molecule has 0 fully saturated rings. The van der Waals surface area contributed by atoms with Crippen molar-refractivity contribution in [3.63, 3.8) is 0 Å². The number of halogens is 1. The maximum atomic E-state index is 5.53. The Balaban J connectivity index is 1.65. The average molecular weight is 465 g/mol. The number of alkyl halides is 1. The van der Waals surface area contributed by atoms with Crippen LogP contribution in [0.2, 0.25) is 0 Å². The van der Waals surface area contributed by atoms with Gasteiger partial charge in [-0.3, -0.25) is 0 Å². The third-order valence-electron chi connectivity index (χ3n) is 3.69. The Labute approximate surface area is 190 Å². The molecule has 1 aromatic rings. The lowest BCUT2D eigenvalue weighted by Gasteiger charge is -2.09. The van der Waals surface area contributed by atoms with Gasteiger partial charge in [0.25, 0.3) is 0 Å². The molecule has 0 amide bonds. The summed E-state index contributed by atoms with van der Waals surface area (Å²) in [6.07, 6.45) is 0. The zero-order valence-corrected chi connectivity index (χ0v) is 19.1. The van der Waals surface area contributed by atoms with E-state index < -0.39 is 0 Å². The molecule has 0 saturated carbocycles. The molecule has 0 saturated heterocycles. The molecule has 31 heavy (non-hydrogen) atoms. The predicted molar refractivity (Wildman–Crippen MR) is 118 cm³/mol. The van der Waals surface area contributed by atoms with Crippen LogP contribution in [0.5, 0.6) is 5.75 Å². The van der Waals surface area contributed by atoms with Crippen molar-refractivity contribution >= 4 is 11.6 Å². The van der Waals surface area contributed by atoms with Gasteiger partial charge in [-0.25, -0.2) is 0 Å². The van der Waals surface area contributed by atoms with Crippen molar-refractivity contribution in [2.45, 2.75) is 0 Å². The van der Waals surface area contributed by atoms with Gasteiger partial charge in [0.2, 0.25) is 0 Å². The number of benzene rings is 1. The van der Waals surface area contributed by atoms with Crippen molar-refractivity contribution in [1.29, 1.82) is 0 Å². The van der Waals surface area contributed by atoms with Gasteiger partial charge in [0.1, 0.15) is 12.4 Å². The van der Waals surface area contributed by atoms with E-state index in [0.717, 1.165) is 5.75 Å². The van der Waals surface area contributed by atoms with Gasteiger partial charge in [0.15, 0.2) is 0 Å². The summed E-state index contributed by atoms with van der Waals surface area (Å²) in [5, 5.41) is 0. The second-order valence-corrected chi connectivity index (χ2v) is 6.52. The minimum atomic E-state index is 0.504. The van der Waals surface area contributed by atoms with E-state index in [9.17, 15) is 0 Å². The molecule has 8 nitrogen and oxygen atoms in total. The first-order chi connectivity index (χ1) is 15.4. The van der Waals surface area contributed by atoms with E-state index in [1.807, 2.05) is 30.3 Å². The zero-order valence-electron chi connectivity index (χ0n) is 18.3. The van der Waals surface area contributed by atoms with Gasteiger partial charge in [-0.2, -0.15) is 0 Å². The molecule has 9 heteroatoms. The molecule has 0 unspecified atom stereocenters. The topological polar surface area (TPSA) is 73.8 Å². The van der Waals surface area contributed by atoms with Crippen LogP contribution in [0.3, 0.4) is 0 Å². The number of hydrogen-bond acceptors (Lipinski definition) is 8. The summed E-state index contributed by atoms with van der Waals surface area (Å²) in [5.74, 6) is 1.35. The first-order valence-electron chi connectivity index (χ1n) is 10.7. The molecular weight excluding hydrogens is 428 g/mol. The van der Waals surface area contributed by atoms with Crippen molar-refractivity contribution in [1.82, 2.24) is 0 Å². The summed E-state index contributed by atoms with van der Waals surface area (Å²) in [6.45, 7) is 8.05. The fourth-order valence-corrected chi connectivity index (χ4v) is 2.32. The molecular formula is C22H37ClO8. The van der Waals surface area contributed by atoms with Crippen LogP contribution in [0.4, 0.5) is 0 Å². The summed E-state index contributed by atoms with van der Waals surface area (Å²) in [5.41, 5.74) is 0. The molecule has 0 spiro atoms. The monoisotopic (exact) mass is 464 g/mol. The van der Waals surface area contributed by atoms with Crippen molar-refractivity contribution in [3.8, 4) is 5.75 Å². The normalized spacial score (nSPS) is 11.1. The van der Waals surface area contributed by atoms with E-state index in [1.54, 1.807) is 0 Å². The van der Waals surface area contributed by atoms with Gasteiger partial charge >= 0.3 is 0 Å². The third kappa shape index (κ3) is 20.7. The molecule has 0 bridgehead atoms. The van der Waals surface area contributed by atoms with Crippen molar-refractivity contribution in [3.05, 3.63) is 30.3 Å². The molecule has 1 rings (SSSR count). The van der Waals surface area contributed by atoms with E-state index in [4.69, 9.17) is 49.5 Å². The lowest BCUT2D eigenvalue weighted by atomic mass is 10.3. The Morgan fingerprint density at radius 1 is 0.419 bits per heavy atom. The molecule has 0 aromatic heterocycles. The molecule has 0 heterocycles. The Morgan fingerprint density at radius 3 is 1.10 bits per heavy atom. The second-order valence-electron chi connectivity index (χ2n) is 6.14. The molecule has 0 atom stereocenters. The largest absolute Gasteiger partial charge is 0.491 e. The lowest BCUT2D eigenvalue weighted by Crippen LogP contribution is -2.15. The van der Waals surface area contributed by atoms with Gasteiger partial charge in [0, 0.05) is 5.88 Å². The number of rotatable bonds is 24. The first kappa shape index (κ1) is 28.1. The Kier molecular flexibility index (Phi) is 21.4. The quantitative estimate of drug-likeness (QED) is 0.170. The first-order valence-corrected chi connectivity index (χ1v) is 11.2. The lowest BCUT2D eigenvalue weighted by molar-refractivity contribution is -0.0208. The van der Waals surface area contributed by atoms with Gasteiger partial charge in [-0.15, -0.1) is 11.6 Å². The highest BCUT2D eigenvalue weighted by Gasteiger charge is 1.95. The van der Waals surface area contributed by atoms with E-state index in [-0.39, 0.29) is 0 Å². The number of ether oxygens (including phenoxy) is 8. The molecule has 0 aliphatic carbocycles. The summed E-state index contributed by atoms with van der Waals surface area (Å²) in [4.78, 5) is 0. The van der Waals surface area contributed by atoms with Crippen LogP contribution in [0.1, 0.15) is 0 Å². The van der Waals surface area contributed by atoms with Gasteiger partial charge in [0.05, 0.1) is 92.5 Å². The van der Waals surface area contributed by atoms with E-state index >= 15 is 0 Å². The van der Waals surface area contributed by atoms with Crippen LogP contribution in [0.25, 0.3) is 0 Å². The molecule has 180 valence electrons. The highest BCUT2D eigenvalue weighted by molar-refractivity contribution is 6.17. The van der Waals surface area contributed by atoms with Crippen molar-refractivity contribution in [2.24, 2.45) is 0 Å². The highest BCUT2D eigenvalue weighted by Crippen LogP contribution is 2.07. The van der Waals surface area contributed by atoms with Crippen LogP contribution >= 0.6 is 11.6 Å². The molecule has 0 aliphatic heterocycles. The highest BCUT2D eigenvalue weighted by atomic mass is 35.5. The summed E-state index contributed by atoms with van der Waals surface area (Å²) >= 11 is 5.49. The minimum absolute atomic E-state index is 0.504. The fourth-order valence-electron chi connectivity index (χ4n) is 2.21. The van der Waals surface area contributed by atoms with Crippen molar-refractivity contribution < 1.29 is 37.9 Å². The van der Waals surface area contributed by atoms with Crippen molar-refractivity contribution in [2.75, 3.05) is 105 Å². The Morgan fingerprint density at radius 2 is 0.742 bits per heavy atom. The minimum Gasteiger partial charge on any atom is -0.491 e. The van der Waals surface area contributed by atoms with Gasteiger partial charge in [-0.05, 0) is 12.1 Å². The molecule has 0 N–H and O–H groups in total. The SMILES string of the molecule is ClCCOCCOCCOCCOCCOCCOCCOCCOc1ccccc1. The summed E-state index contributed by atoms with van der Waals surface area (Å²) in [6, 6.07) is 9.67. The molecule has 0 aliphatic rings. The Bertz CT molecular complexity index is 466. The number of hydrogen-bond donors (Lipinski definition) is 0. The third-order valence-corrected chi connectivity index (χ3v) is 3.85. The summed E-state index contributed by atoms with van der Waals surface area (Å²) < 4.78 is 43.2.